The molecule has 260 valence electrons. The molecule has 0 amide bonds. The highest BCUT2D eigenvalue weighted by molar-refractivity contribution is 5.58. The van der Waals surface area contributed by atoms with E-state index in [-0.39, 0.29) is 11.5 Å². The van der Waals surface area contributed by atoms with E-state index in [0.29, 0.717) is 29.6 Å². The summed E-state index contributed by atoms with van der Waals surface area (Å²) in [6, 6.07) is 9.77. The number of nitrogens with zero attached hydrogens (tertiary/aromatic N) is 1. The SMILES string of the molecule is C1=CCC(C2=CCCC=C2N(C2=CC3C(C=C2)c2ccccc2C32C3CCCC=C3C3CCCCC32)C2=CC=CC3OC4=C(CCCC4)C23)C=C1. The molecule has 0 N–H and O–H groups in total. The monoisotopic (exact) mass is 671 g/mol. The van der Waals surface area contributed by atoms with E-state index in [2.05, 4.69) is 108 Å². The second kappa shape index (κ2) is 12.1. The maximum atomic E-state index is 6.80. The van der Waals surface area contributed by atoms with E-state index in [9.17, 15) is 0 Å². The van der Waals surface area contributed by atoms with Crippen LogP contribution in [0.2, 0.25) is 0 Å². The molecule has 1 aliphatic heterocycles. The van der Waals surface area contributed by atoms with Crippen LogP contribution in [0.5, 0.6) is 0 Å². The van der Waals surface area contributed by atoms with E-state index in [0.717, 1.165) is 37.5 Å². The Bertz CT molecular complexity index is 1950. The first-order valence-corrected chi connectivity index (χ1v) is 20.8. The van der Waals surface area contributed by atoms with Crippen molar-refractivity contribution in [2.75, 3.05) is 0 Å². The van der Waals surface area contributed by atoms with Gasteiger partial charge in [-0.25, -0.2) is 0 Å². The minimum absolute atomic E-state index is 0.112. The molecule has 9 aliphatic carbocycles. The highest BCUT2D eigenvalue weighted by Gasteiger charge is 2.66. The van der Waals surface area contributed by atoms with Crippen LogP contribution in [-0.4, -0.2) is 11.0 Å². The van der Waals surface area contributed by atoms with Crippen LogP contribution in [0, 0.1) is 35.5 Å². The summed E-state index contributed by atoms with van der Waals surface area (Å²) in [5.41, 5.74) is 12.7. The summed E-state index contributed by atoms with van der Waals surface area (Å²) in [5, 5.41) is 0. The molecule has 2 nitrogen and oxygen atoms in total. The van der Waals surface area contributed by atoms with Gasteiger partial charge in [0.1, 0.15) is 6.10 Å². The Morgan fingerprint density at radius 3 is 2.69 bits per heavy atom. The van der Waals surface area contributed by atoms with Gasteiger partial charge in [-0.3, -0.25) is 0 Å². The lowest BCUT2D eigenvalue weighted by Crippen LogP contribution is -2.44. The molecule has 0 bridgehead atoms. The molecule has 9 unspecified atom stereocenters. The summed E-state index contributed by atoms with van der Waals surface area (Å²) < 4.78 is 6.80. The lowest BCUT2D eigenvalue weighted by molar-refractivity contribution is 0.131. The molecule has 11 rings (SSSR count). The molecule has 1 aromatic rings. The number of fused-ring (bicyclic) bond motifs is 12. The lowest BCUT2D eigenvalue weighted by Gasteiger charge is -2.47. The standard InChI is InChI=1S/C49H53NO/c1-2-15-32(16-3-1)34-17-7-12-25-44(34)50(45-26-14-28-47-48(45)39-21-8-13-27-46(39)51-47)33-29-30-38-37-20-6-11-24-42(37)49(43(38)31-33)40-22-9-4-18-35(40)36-19-5-10-23-41(36)49/h1-3,6,11,14-15,17-18,20,24-26,28-32,36,38,40-41,43,47-48H,4-5,7-10,12-13,16,19,21-23,27H2. The molecule has 0 radical (unpaired) electrons. The van der Waals surface area contributed by atoms with E-state index >= 15 is 0 Å². The van der Waals surface area contributed by atoms with Gasteiger partial charge in [-0.05, 0) is 129 Å². The zero-order valence-corrected chi connectivity index (χ0v) is 30.2. The van der Waals surface area contributed by atoms with Gasteiger partial charge in [0, 0.05) is 46.7 Å². The molecule has 51 heavy (non-hydrogen) atoms. The summed E-state index contributed by atoms with van der Waals surface area (Å²) in [6.07, 6.45) is 50.2. The van der Waals surface area contributed by atoms with Gasteiger partial charge >= 0.3 is 0 Å². The van der Waals surface area contributed by atoms with Crippen molar-refractivity contribution in [3.05, 3.63) is 154 Å². The molecule has 1 spiro atoms. The van der Waals surface area contributed by atoms with Crippen molar-refractivity contribution in [1.82, 2.24) is 4.90 Å². The van der Waals surface area contributed by atoms with Crippen molar-refractivity contribution in [2.45, 2.75) is 107 Å². The lowest BCUT2D eigenvalue weighted by atomic mass is 9.57. The molecule has 1 aromatic carbocycles. The third kappa shape index (κ3) is 4.47. The molecular weight excluding hydrogens is 619 g/mol. The molecule has 1 heterocycles. The van der Waals surface area contributed by atoms with Gasteiger partial charge in [0.25, 0.3) is 0 Å². The quantitative estimate of drug-likeness (QED) is 0.295. The summed E-state index contributed by atoms with van der Waals surface area (Å²) in [6.45, 7) is 0. The van der Waals surface area contributed by atoms with E-state index in [1.165, 1.54) is 92.6 Å². The highest BCUT2D eigenvalue weighted by Crippen LogP contribution is 2.71. The maximum Gasteiger partial charge on any atom is 0.129 e. The van der Waals surface area contributed by atoms with Gasteiger partial charge < -0.3 is 9.64 Å². The second-order valence-electron chi connectivity index (χ2n) is 17.2. The van der Waals surface area contributed by atoms with Crippen LogP contribution >= 0.6 is 0 Å². The van der Waals surface area contributed by atoms with Gasteiger partial charge in [-0.1, -0.05) is 103 Å². The van der Waals surface area contributed by atoms with Gasteiger partial charge in [-0.15, -0.1) is 0 Å². The molecule has 0 saturated heterocycles. The van der Waals surface area contributed by atoms with E-state index in [1.807, 2.05) is 5.57 Å². The van der Waals surface area contributed by atoms with Crippen molar-refractivity contribution in [3.8, 4) is 0 Å². The second-order valence-corrected chi connectivity index (χ2v) is 17.2. The minimum atomic E-state index is 0.112. The molecular formula is C49H53NO. The van der Waals surface area contributed by atoms with Gasteiger partial charge in [0.15, 0.2) is 0 Å². The first kappa shape index (κ1) is 30.8. The van der Waals surface area contributed by atoms with Gasteiger partial charge in [-0.2, -0.15) is 0 Å². The molecule has 10 aliphatic rings. The maximum absolute atomic E-state index is 6.80. The number of benzene rings is 1. The van der Waals surface area contributed by atoms with Crippen molar-refractivity contribution in [1.29, 1.82) is 0 Å². The summed E-state index contributed by atoms with van der Waals surface area (Å²) in [4.78, 5) is 2.78. The number of rotatable bonds is 4. The van der Waals surface area contributed by atoms with Crippen LogP contribution in [-0.2, 0) is 10.2 Å². The Morgan fingerprint density at radius 2 is 1.73 bits per heavy atom. The third-order valence-corrected chi connectivity index (χ3v) is 15.0. The Morgan fingerprint density at radius 1 is 0.804 bits per heavy atom. The number of hydrogen-bond donors (Lipinski definition) is 0. The van der Waals surface area contributed by atoms with Crippen LogP contribution in [0.15, 0.2) is 143 Å². The molecule has 2 fully saturated rings. The topological polar surface area (TPSA) is 12.5 Å². The highest BCUT2D eigenvalue weighted by atomic mass is 16.5. The van der Waals surface area contributed by atoms with Crippen LogP contribution in [0.3, 0.4) is 0 Å². The minimum Gasteiger partial charge on any atom is -0.490 e. The summed E-state index contributed by atoms with van der Waals surface area (Å²) in [5.74, 6) is 5.13. The van der Waals surface area contributed by atoms with Gasteiger partial charge in [0.2, 0.25) is 0 Å². The Hall–Kier alpha value is -3.78. The number of hydrogen-bond acceptors (Lipinski definition) is 2. The van der Waals surface area contributed by atoms with E-state index < -0.39 is 0 Å². The fourth-order valence-electron chi connectivity index (χ4n) is 13.3. The zero-order chi connectivity index (χ0) is 33.5. The van der Waals surface area contributed by atoms with Crippen molar-refractivity contribution in [2.24, 2.45) is 35.5 Å². The summed E-state index contributed by atoms with van der Waals surface area (Å²) >= 11 is 0. The van der Waals surface area contributed by atoms with Crippen molar-refractivity contribution >= 4 is 0 Å². The number of ether oxygens (including phenoxy) is 1. The Balaban J connectivity index is 1.10. The van der Waals surface area contributed by atoms with E-state index in [4.69, 9.17) is 4.74 Å². The van der Waals surface area contributed by atoms with E-state index in [1.54, 1.807) is 16.7 Å². The first-order chi connectivity index (χ1) is 25.3. The average Bonchev–Trinajstić information content (AvgIpc) is 3.83. The van der Waals surface area contributed by atoms with Gasteiger partial charge in [0.05, 0.1) is 11.7 Å². The molecule has 2 heteroatoms. The first-order valence-electron chi connectivity index (χ1n) is 20.8. The van der Waals surface area contributed by atoms with Crippen LogP contribution in [0.1, 0.15) is 107 Å². The van der Waals surface area contributed by atoms with Crippen LogP contribution < -0.4 is 0 Å². The normalized spacial score (nSPS) is 38.3. The van der Waals surface area contributed by atoms with Crippen molar-refractivity contribution < 1.29 is 4.74 Å². The predicted molar refractivity (Wildman–Crippen MR) is 207 cm³/mol. The fraction of sp³-hybridized carbons (Fsp3) is 0.469. The zero-order valence-electron chi connectivity index (χ0n) is 30.2. The molecule has 9 atom stereocenters. The Kier molecular flexibility index (Phi) is 7.34. The van der Waals surface area contributed by atoms with Crippen LogP contribution in [0.25, 0.3) is 0 Å². The predicted octanol–water partition coefficient (Wildman–Crippen LogP) is 12.0. The van der Waals surface area contributed by atoms with Crippen LogP contribution in [0.4, 0.5) is 0 Å². The smallest absolute Gasteiger partial charge is 0.129 e. The molecule has 0 aromatic heterocycles. The Labute approximate surface area is 305 Å². The molecule has 2 saturated carbocycles. The number of allylic oxidation sites excluding steroid dienone is 15. The fourth-order valence-corrected chi connectivity index (χ4v) is 13.3. The van der Waals surface area contributed by atoms with Crippen molar-refractivity contribution in [3.63, 3.8) is 0 Å². The average molecular weight is 672 g/mol. The summed E-state index contributed by atoms with van der Waals surface area (Å²) in [7, 11) is 0. The third-order valence-electron chi connectivity index (χ3n) is 15.0. The largest absolute Gasteiger partial charge is 0.490 e.